The van der Waals surface area contributed by atoms with E-state index in [1.165, 1.54) is 25.3 Å². The molecule has 0 saturated carbocycles. The third-order valence-corrected chi connectivity index (χ3v) is 3.14. The summed E-state index contributed by atoms with van der Waals surface area (Å²) in [6.45, 7) is 3.00. The third-order valence-electron chi connectivity index (χ3n) is 3.14. The van der Waals surface area contributed by atoms with Gasteiger partial charge < -0.3 is 5.32 Å². The summed E-state index contributed by atoms with van der Waals surface area (Å²) in [5.41, 5.74) is 3.92. The van der Waals surface area contributed by atoms with Crippen LogP contribution in [0, 0.1) is 10.1 Å². The fourth-order valence-corrected chi connectivity index (χ4v) is 2.08. The van der Waals surface area contributed by atoms with Gasteiger partial charge in [0.05, 0.1) is 10.6 Å². The molecule has 0 saturated heterocycles. The summed E-state index contributed by atoms with van der Waals surface area (Å²) >= 11 is 0. The van der Waals surface area contributed by atoms with Crippen LogP contribution in [0.15, 0.2) is 28.7 Å². The molecule has 1 aliphatic carbocycles. The quantitative estimate of drug-likeness (QED) is 0.414. The molecule has 2 N–H and O–H groups in total. The summed E-state index contributed by atoms with van der Waals surface area (Å²) in [4.78, 5) is 15.2. The zero-order chi connectivity index (χ0) is 13.7. The lowest BCUT2D eigenvalue weighted by Crippen LogP contribution is -2.40. The van der Waals surface area contributed by atoms with E-state index in [1.807, 2.05) is 0 Å². The second-order valence-corrected chi connectivity index (χ2v) is 4.54. The number of hydrogen-bond acceptors (Lipinski definition) is 6. The maximum absolute atomic E-state index is 10.9. The lowest BCUT2D eigenvalue weighted by molar-refractivity contribution is -0.429. The summed E-state index contributed by atoms with van der Waals surface area (Å²) in [7, 11) is 0. The number of nitrogens with zero attached hydrogens (tertiary/aromatic N) is 2. The highest BCUT2D eigenvalue weighted by molar-refractivity contribution is 6.06. The molecule has 0 bridgehead atoms. The lowest BCUT2D eigenvalue weighted by Gasteiger charge is -2.16. The van der Waals surface area contributed by atoms with E-state index in [-0.39, 0.29) is 5.70 Å². The molecule has 0 fully saturated rings. The van der Waals surface area contributed by atoms with Crippen molar-refractivity contribution in [2.45, 2.75) is 38.6 Å². The minimum Gasteiger partial charge on any atom is -0.383 e. The normalized spacial score (nSPS) is 20.9. The smallest absolute Gasteiger partial charge is 0.272 e. The number of hydrogen-bond donors (Lipinski definition) is 2. The highest BCUT2D eigenvalue weighted by Crippen LogP contribution is 2.20. The van der Waals surface area contributed by atoms with Crippen LogP contribution < -0.4 is 10.8 Å². The third kappa shape index (κ3) is 3.11. The first kappa shape index (κ1) is 13.5. The van der Waals surface area contributed by atoms with Crippen molar-refractivity contribution in [1.29, 1.82) is 0 Å². The zero-order valence-electron chi connectivity index (χ0n) is 10.9. The van der Waals surface area contributed by atoms with Gasteiger partial charge in [0.2, 0.25) is 0 Å². The highest BCUT2D eigenvalue weighted by atomic mass is 16.8. The van der Waals surface area contributed by atoms with E-state index in [0.717, 1.165) is 18.7 Å². The molecule has 0 aromatic rings. The van der Waals surface area contributed by atoms with Gasteiger partial charge in [-0.1, -0.05) is 31.3 Å². The van der Waals surface area contributed by atoms with E-state index in [4.69, 9.17) is 4.94 Å². The molecule has 104 valence electrons. The van der Waals surface area contributed by atoms with Crippen LogP contribution in [0.3, 0.4) is 0 Å². The fourth-order valence-electron chi connectivity index (χ4n) is 2.08. The van der Waals surface area contributed by atoms with Crippen LogP contribution in [0.1, 0.15) is 32.6 Å². The molecule has 19 heavy (non-hydrogen) atoms. The van der Waals surface area contributed by atoms with Gasteiger partial charge in [-0.15, -0.1) is 5.48 Å². The van der Waals surface area contributed by atoms with Crippen LogP contribution in [0.4, 0.5) is 0 Å². The molecule has 1 heterocycles. The van der Waals surface area contributed by atoms with Gasteiger partial charge in [-0.25, -0.2) is 0 Å². The highest BCUT2D eigenvalue weighted by Gasteiger charge is 2.38. The molecule has 1 aliphatic heterocycles. The molecular weight excluding hydrogens is 248 g/mol. The topological polar surface area (TPSA) is 88.8 Å². The van der Waals surface area contributed by atoms with Crippen molar-refractivity contribution in [3.63, 3.8) is 0 Å². The van der Waals surface area contributed by atoms with Gasteiger partial charge in [0, 0.05) is 12.6 Å². The Kier molecular flexibility index (Phi) is 4.51. The van der Waals surface area contributed by atoms with Crippen LogP contribution in [-0.4, -0.2) is 23.2 Å². The Morgan fingerprint density at radius 1 is 1.47 bits per heavy atom. The standard InChI is InChI=1S/C12H18N4O3/c1-2-3-4-5-8-13-9-6-7-10(16(17)18)12-11(9)14-19-15-12/h6-7,12-13,15H,2-5,8H2,1H3. The average molecular weight is 266 g/mol. The molecule has 7 nitrogen and oxygen atoms in total. The molecular formula is C12H18N4O3. The Morgan fingerprint density at radius 2 is 2.32 bits per heavy atom. The molecule has 1 unspecified atom stereocenters. The molecule has 0 aromatic heterocycles. The minimum absolute atomic E-state index is 0.0489. The van der Waals surface area contributed by atoms with E-state index in [0.29, 0.717) is 5.71 Å². The van der Waals surface area contributed by atoms with Crippen LogP contribution in [0.5, 0.6) is 0 Å². The Labute approximate surface area is 111 Å². The summed E-state index contributed by atoms with van der Waals surface area (Å²) in [6, 6.07) is -0.585. The Morgan fingerprint density at radius 3 is 3.05 bits per heavy atom. The second-order valence-electron chi connectivity index (χ2n) is 4.54. The zero-order valence-corrected chi connectivity index (χ0v) is 10.9. The maximum atomic E-state index is 10.9. The van der Waals surface area contributed by atoms with E-state index in [2.05, 4.69) is 22.9 Å². The van der Waals surface area contributed by atoms with Crippen molar-refractivity contribution >= 4 is 5.71 Å². The molecule has 2 rings (SSSR count). The Bertz CT molecular complexity index is 442. The van der Waals surface area contributed by atoms with E-state index in [9.17, 15) is 10.1 Å². The summed E-state index contributed by atoms with van der Waals surface area (Å²) < 4.78 is 0. The second kappa shape index (κ2) is 6.33. The van der Waals surface area contributed by atoms with Crippen LogP contribution in [0.25, 0.3) is 0 Å². The summed E-state index contributed by atoms with van der Waals surface area (Å²) in [5.74, 6) is 0. The Hall–Kier alpha value is -1.89. The molecule has 7 heteroatoms. The fraction of sp³-hybridized carbons (Fsp3) is 0.583. The number of allylic oxidation sites excluding steroid dienone is 2. The largest absolute Gasteiger partial charge is 0.383 e. The van der Waals surface area contributed by atoms with Crippen molar-refractivity contribution in [2.24, 2.45) is 5.16 Å². The molecule has 0 radical (unpaired) electrons. The van der Waals surface area contributed by atoms with E-state index in [1.54, 1.807) is 6.08 Å². The van der Waals surface area contributed by atoms with Gasteiger partial charge in [0.1, 0.15) is 5.71 Å². The molecule has 2 aliphatic rings. The number of hydroxylamine groups is 1. The van der Waals surface area contributed by atoms with Crippen LogP contribution >= 0.6 is 0 Å². The predicted octanol–water partition coefficient (Wildman–Crippen LogP) is 1.47. The molecule has 1 atom stereocenters. The molecule has 0 amide bonds. The lowest BCUT2D eigenvalue weighted by atomic mass is 10.0. The van der Waals surface area contributed by atoms with E-state index < -0.39 is 11.0 Å². The van der Waals surface area contributed by atoms with Crippen molar-refractivity contribution in [1.82, 2.24) is 10.8 Å². The molecule has 0 spiro atoms. The maximum Gasteiger partial charge on any atom is 0.272 e. The SMILES string of the molecule is CCCCCCNC1=CC=C([N+](=O)[O-])C2NON=C12. The van der Waals surface area contributed by atoms with Gasteiger partial charge in [0.25, 0.3) is 5.70 Å². The first-order chi connectivity index (χ1) is 9.24. The van der Waals surface area contributed by atoms with Crippen LogP contribution in [-0.2, 0) is 4.94 Å². The number of unbranched alkanes of at least 4 members (excludes halogenated alkanes) is 3. The predicted molar refractivity (Wildman–Crippen MR) is 70.7 cm³/mol. The summed E-state index contributed by atoms with van der Waals surface area (Å²) in [5, 5.41) is 17.9. The minimum atomic E-state index is -0.585. The number of nitrogens with one attached hydrogen (secondary N) is 2. The monoisotopic (exact) mass is 266 g/mol. The van der Waals surface area contributed by atoms with Crippen LogP contribution in [0.2, 0.25) is 0 Å². The van der Waals surface area contributed by atoms with Gasteiger partial charge in [-0.2, -0.15) is 0 Å². The van der Waals surface area contributed by atoms with Gasteiger partial charge in [0.15, 0.2) is 6.04 Å². The number of nitro groups is 1. The van der Waals surface area contributed by atoms with Gasteiger partial charge >= 0.3 is 0 Å². The van der Waals surface area contributed by atoms with Crippen molar-refractivity contribution in [3.05, 3.63) is 33.7 Å². The molecule has 0 aromatic carbocycles. The van der Waals surface area contributed by atoms with Gasteiger partial charge in [-0.3, -0.25) is 15.1 Å². The van der Waals surface area contributed by atoms with E-state index >= 15 is 0 Å². The number of rotatable bonds is 7. The van der Waals surface area contributed by atoms with Crippen molar-refractivity contribution in [2.75, 3.05) is 6.54 Å². The first-order valence-electron chi connectivity index (χ1n) is 6.54. The first-order valence-corrected chi connectivity index (χ1v) is 6.54. The van der Waals surface area contributed by atoms with Crippen molar-refractivity contribution in [3.8, 4) is 0 Å². The van der Waals surface area contributed by atoms with Gasteiger partial charge in [-0.05, 0) is 12.5 Å². The average Bonchev–Trinajstić information content (AvgIpc) is 2.87. The van der Waals surface area contributed by atoms with Crippen molar-refractivity contribution < 1.29 is 9.86 Å². The number of fused-ring (bicyclic) bond motifs is 1. The Balaban J connectivity index is 1.95. The summed E-state index contributed by atoms with van der Waals surface area (Å²) in [6.07, 6.45) is 7.84. The number of oxime groups is 1.